The molecule has 1 amide bonds. The Morgan fingerprint density at radius 1 is 1.71 bits per heavy atom. The van der Waals surface area contributed by atoms with Gasteiger partial charge in [-0.3, -0.25) is 4.79 Å². The fraction of sp³-hybridized carbons (Fsp3) is 0.500. The molecular formula is C12H16BrN3O. The Labute approximate surface area is 109 Å². The van der Waals surface area contributed by atoms with Crippen LogP contribution >= 0.6 is 15.9 Å². The molecule has 0 radical (unpaired) electrons. The summed E-state index contributed by atoms with van der Waals surface area (Å²) in [7, 11) is 1.80. The van der Waals surface area contributed by atoms with Crippen molar-refractivity contribution >= 4 is 21.8 Å². The highest BCUT2D eigenvalue weighted by Gasteiger charge is 2.35. The van der Waals surface area contributed by atoms with Crippen molar-refractivity contribution in [3.63, 3.8) is 0 Å². The maximum absolute atomic E-state index is 12.3. The van der Waals surface area contributed by atoms with E-state index >= 15 is 0 Å². The second-order valence-corrected chi connectivity index (χ2v) is 5.24. The van der Waals surface area contributed by atoms with Crippen molar-refractivity contribution in [3.05, 3.63) is 28.5 Å². The molecule has 0 bridgehead atoms. The van der Waals surface area contributed by atoms with E-state index in [4.69, 9.17) is 5.73 Å². The number of hydrogen-bond donors (Lipinski definition) is 1. The fourth-order valence-electron chi connectivity index (χ4n) is 2.01. The van der Waals surface area contributed by atoms with Crippen LogP contribution in [0, 0.1) is 5.92 Å². The second-order valence-electron chi connectivity index (χ2n) is 4.39. The third-order valence-corrected chi connectivity index (χ3v) is 3.83. The molecule has 1 aliphatic rings. The summed E-state index contributed by atoms with van der Waals surface area (Å²) in [6, 6.07) is 3.75. The predicted molar refractivity (Wildman–Crippen MR) is 69.6 cm³/mol. The van der Waals surface area contributed by atoms with Gasteiger partial charge in [0, 0.05) is 30.3 Å². The van der Waals surface area contributed by atoms with E-state index in [2.05, 4.69) is 20.9 Å². The highest BCUT2D eigenvalue weighted by Crippen LogP contribution is 2.35. The van der Waals surface area contributed by atoms with Gasteiger partial charge in [-0.1, -0.05) is 0 Å². The lowest BCUT2D eigenvalue weighted by Gasteiger charge is -2.27. The van der Waals surface area contributed by atoms with E-state index in [0.29, 0.717) is 18.2 Å². The lowest BCUT2D eigenvalue weighted by molar-refractivity contribution is 0.0711. The van der Waals surface area contributed by atoms with Crippen LogP contribution in [0.15, 0.2) is 22.8 Å². The van der Waals surface area contributed by atoms with Crippen LogP contribution in [0.1, 0.15) is 23.3 Å². The van der Waals surface area contributed by atoms with Crippen LogP contribution in [-0.4, -0.2) is 35.4 Å². The van der Waals surface area contributed by atoms with Crippen LogP contribution in [0.5, 0.6) is 0 Å². The Morgan fingerprint density at radius 3 is 2.94 bits per heavy atom. The first kappa shape index (κ1) is 12.5. The standard InChI is InChI=1S/C12H16BrN3O/c1-16(10(7-14)8-4-5-8)12(17)11-9(13)3-2-6-15-11/h2-3,6,8,10H,4-5,7,14H2,1H3. The van der Waals surface area contributed by atoms with Gasteiger partial charge in [-0.15, -0.1) is 0 Å². The molecule has 1 fully saturated rings. The van der Waals surface area contributed by atoms with Crippen LogP contribution < -0.4 is 5.73 Å². The first-order chi connectivity index (χ1) is 8.15. The average molecular weight is 298 g/mol. The van der Waals surface area contributed by atoms with Gasteiger partial charge >= 0.3 is 0 Å². The van der Waals surface area contributed by atoms with Crippen LogP contribution in [0.2, 0.25) is 0 Å². The summed E-state index contributed by atoms with van der Waals surface area (Å²) in [4.78, 5) is 18.1. The highest BCUT2D eigenvalue weighted by atomic mass is 79.9. The second kappa shape index (κ2) is 5.14. The zero-order valence-electron chi connectivity index (χ0n) is 9.77. The largest absolute Gasteiger partial charge is 0.336 e. The Morgan fingerprint density at radius 2 is 2.41 bits per heavy atom. The quantitative estimate of drug-likeness (QED) is 0.919. The molecule has 1 aliphatic carbocycles. The van der Waals surface area contributed by atoms with Crippen molar-refractivity contribution in [2.24, 2.45) is 11.7 Å². The summed E-state index contributed by atoms with van der Waals surface area (Å²) in [5, 5.41) is 0. The van der Waals surface area contributed by atoms with Crippen molar-refractivity contribution in [2.45, 2.75) is 18.9 Å². The molecule has 4 nitrogen and oxygen atoms in total. The molecule has 1 atom stereocenters. The van der Waals surface area contributed by atoms with Gasteiger partial charge in [0.2, 0.25) is 0 Å². The highest BCUT2D eigenvalue weighted by molar-refractivity contribution is 9.10. The lowest BCUT2D eigenvalue weighted by atomic mass is 10.1. The third kappa shape index (κ3) is 2.66. The van der Waals surface area contributed by atoms with Crippen LogP contribution in [-0.2, 0) is 0 Å². The molecule has 0 aliphatic heterocycles. The molecule has 2 N–H and O–H groups in total. The van der Waals surface area contributed by atoms with Gasteiger partial charge < -0.3 is 10.6 Å². The summed E-state index contributed by atoms with van der Waals surface area (Å²) in [5.41, 5.74) is 6.20. The number of pyridine rings is 1. The first-order valence-corrected chi connectivity index (χ1v) is 6.52. The van der Waals surface area contributed by atoms with Crippen LogP contribution in [0.4, 0.5) is 0 Å². The molecule has 1 heterocycles. The number of hydrogen-bond acceptors (Lipinski definition) is 3. The monoisotopic (exact) mass is 297 g/mol. The first-order valence-electron chi connectivity index (χ1n) is 5.73. The predicted octanol–water partition coefficient (Wildman–Crippen LogP) is 1.65. The van der Waals surface area contributed by atoms with Crippen molar-refractivity contribution in [1.29, 1.82) is 0 Å². The fourth-order valence-corrected chi connectivity index (χ4v) is 2.43. The smallest absolute Gasteiger partial charge is 0.273 e. The Balaban J connectivity index is 2.16. The van der Waals surface area contributed by atoms with Crippen molar-refractivity contribution in [3.8, 4) is 0 Å². The number of likely N-dealkylation sites (N-methyl/N-ethyl adjacent to an activating group) is 1. The van der Waals surface area contributed by atoms with Gasteiger partial charge in [0.1, 0.15) is 5.69 Å². The number of halogens is 1. The van der Waals surface area contributed by atoms with Crippen molar-refractivity contribution < 1.29 is 4.79 Å². The Kier molecular flexibility index (Phi) is 3.79. The number of amides is 1. The minimum Gasteiger partial charge on any atom is -0.336 e. The lowest BCUT2D eigenvalue weighted by Crippen LogP contribution is -2.43. The summed E-state index contributed by atoms with van der Waals surface area (Å²) in [5.74, 6) is 0.497. The number of nitrogens with two attached hydrogens (primary N) is 1. The number of rotatable bonds is 4. The molecule has 1 saturated carbocycles. The molecular weight excluding hydrogens is 282 g/mol. The van der Waals surface area contributed by atoms with E-state index in [9.17, 15) is 4.79 Å². The normalized spacial score (nSPS) is 16.6. The molecule has 1 unspecified atom stereocenters. The molecule has 2 rings (SSSR count). The zero-order chi connectivity index (χ0) is 12.4. The minimum atomic E-state index is -0.0696. The summed E-state index contributed by atoms with van der Waals surface area (Å²) in [6.07, 6.45) is 3.96. The maximum atomic E-state index is 12.3. The van der Waals surface area contributed by atoms with E-state index in [1.165, 1.54) is 12.8 Å². The van der Waals surface area contributed by atoms with E-state index in [1.807, 2.05) is 6.07 Å². The number of carbonyl (C=O) groups excluding carboxylic acids is 1. The Bertz CT molecular complexity index is 420. The number of aromatic nitrogens is 1. The molecule has 5 heteroatoms. The molecule has 17 heavy (non-hydrogen) atoms. The van der Waals surface area contributed by atoms with Gasteiger partial charge in [0.25, 0.3) is 5.91 Å². The number of nitrogens with zero attached hydrogens (tertiary/aromatic N) is 2. The Hall–Kier alpha value is -0.940. The molecule has 0 saturated heterocycles. The zero-order valence-corrected chi connectivity index (χ0v) is 11.4. The van der Waals surface area contributed by atoms with E-state index in [-0.39, 0.29) is 11.9 Å². The van der Waals surface area contributed by atoms with Gasteiger partial charge in [-0.05, 0) is 46.8 Å². The van der Waals surface area contributed by atoms with E-state index in [1.54, 1.807) is 24.2 Å². The topological polar surface area (TPSA) is 59.2 Å². The van der Waals surface area contributed by atoms with Gasteiger partial charge in [-0.2, -0.15) is 0 Å². The summed E-state index contributed by atoms with van der Waals surface area (Å²) in [6.45, 7) is 0.511. The summed E-state index contributed by atoms with van der Waals surface area (Å²) >= 11 is 3.35. The molecule has 0 aromatic carbocycles. The minimum absolute atomic E-state index is 0.0696. The van der Waals surface area contributed by atoms with E-state index < -0.39 is 0 Å². The van der Waals surface area contributed by atoms with Crippen molar-refractivity contribution in [2.75, 3.05) is 13.6 Å². The number of carbonyl (C=O) groups is 1. The van der Waals surface area contributed by atoms with Gasteiger partial charge in [0.05, 0.1) is 0 Å². The van der Waals surface area contributed by atoms with Crippen LogP contribution in [0.25, 0.3) is 0 Å². The maximum Gasteiger partial charge on any atom is 0.273 e. The van der Waals surface area contributed by atoms with Crippen molar-refractivity contribution in [1.82, 2.24) is 9.88 Å². The van der Waals surface area contributed by atoms with Gasteiger partial charge in [-0.25, -0.2) is 4.98 Å². The third-order valence-electron chi connectivity index (χ3n) is 3.19. The molecule has 92 valence electrons. The summed E-state index contributed by atoms with van der Waals surface area (Å²) < 4.78 is 0.725. The molecule has 0 spiro atoms. The SMILES string of the molecule is CN(C(=O)c1ncccc1Br)C(CN)C1CC1. The molecule has 1 aromatic heterocycles. The average Bonchev–Trinajstić information content (AvgIpc) is 3.14. The molecule has 1 aromatic rings. The van der Waals surface area contributed by atoms with Gasteiger partial charge in [0.15, 0.2) is 0 Å². The van der Waals surface area contributed by atoms with Crippen LogP contribution in [0.3, 0.4) is 0 Å². The van der Waals surface area contributed by atoms with E-state index in [0.717, 1.165) is 4.47 Å².